The fourth-order valence-corrected chi connectivity index (χ4v) is 2.64. The Morgan fingerprint density at radius 3 is 1.16 bits per heavy atom. The topological polar surface area (TPSA) is 74.6 Å². The average molecular weight is 403 g/mol. The molecule has 0 aromatic rings. The molecule has 0 bridgehead atoms. The molecule has 0 saturated carbocycles. The summed E-state index contributed by atoms with van der Waals surface area (Å²) in [4.78, 5) is 21.2. The number of carboxylic acid groups (broad SMARTS) is 2. The molecule has 2 atom stereocenters. The number of unbranched alkanes of at least 4 members (excludes halogenated alkanes) is 6. The van der Waals surface area contributed by atoms with Crippen molar-refractivity contribution in [2.24, 2.45) is 11.8 Å². The van der Waals surface area contributed by atoms with Crippen molar-refractivity contribution in [2.45, 2.75) is 105 Å². The third-order valence-electron chi connectivity index (χ3n) is 4.50. The number of carboxylic acids is 2. The van der Waals surface area contributed by atoms with E-state index in [1.54, 1.807) is 0 Å². The molecule has 0 amide bonds. The molecule has 0 aromatic heterocycles. The predicted molar refractivity (Wildman–Crippen MR) is 100 cm³/mol. The molecule has 4 nitrogen and oxygen atoms in total. The maximum atomic E-state index is 10.6. The maximum absolute atomic E-state index is 10.6. The smallest absolute Gasteiger partial charge is 0.306 e. The van der Waals surface area contributed by atoms with Crippen LogP contribution in [0.4, 0.5) is 0 Å². The minimum Gasteiger partial charge on any atom is -0.481 e. The largest absolute Gasteiger partial charge is 0.481 e. The molecular formula is C20H40NiO4. The molecular weight excluding hydrogens is 363 g/mol. The summed E-state index contributed by atoms with van der Waals surface area (Å²) in [6.07, 6.45) is 12.6. The Balaban J connectivity index is -0.000000372. The summed E-state index contributed by atoms with van der Waals surface area (Å²) in [5.41, 5.74) is 0. The number of hydrogen-bond acceptors (Lipinski definition) is 2. The van der Waals surface area contributed by atoms with Crippen LogP contribution in [-0.4, -0.2) is 22.2 Å². The summed E-state index contributed by atoms with van der Waals surface area (Å²) in [6, 6.07) is 0. The first kappa shape index (κ1) is 29.2. The Morgan fingerprint density at radius 1 is 0.640 bits per heavy atom. The van der Waals surface area contributed by atoms with Gasteiger partial charge in [-0.1, -0.05) is 79.1 Å². The molecule has 25 heavy (non-hydrogen) atoms. The fraction of sp³-hybridized carbons (Fsp3) is 0.900. The van der Waals surface area contributed by atoms with Crippen LogP contribution in [0.25, 0.3) is 0 Å². The molecule has 0 rings (SSSR count). The Hall–Kier alpha value is -0.566. The first-order chi connectivity index (χ1) is 11.4. The molecule has 2 N–H and O–H groups in total. The molecule has 0 saturated heterocycles. The Kier molecular flexibility index (Phi) is 25.1. The van der Waals surface area contributed by atoms with Gasteiger partial charge in [0.2, 0.25) is 0 Å². The SMILES string of the molecule is CCCCCCC(CC)C(=O)O.CCCCCCC(CC)C(=O)O.[Ni]. The van der Waals surface area contributed by atoms with Gasteiger partial charge in [-0.2, -0.15) is 0 Å². The zero-order chi connectivity index (χ0) is 18.8. The van der Waals surface area contributed by atoms with E-state index in [1.807, 2.05) is 13.8 Å². The summed E-state index contributed by atoms with van der Waals surface area (Å²) in [7, 11) is 0. The molecule has 0 aliphatic rings. The van der Waals surface area contributed by atoms with Crippen molar-refractivity contribution in [3.63, 3.8) is 0 Å². The van der Waals surface area contributed by atoms with Crippen molar-refractivity contribution in [1.29, 1.82) is 0 Å². The summed E-state index contributed by atoms with van der Waals surface area (Å²) < 4.78 is 0. The molecule has 0 spiro atoms. The van der Waals surface area contributed by atoms with Gasteiger partial charge >= 0.3 is 11.9 Å². The van der Waals surface area contributed by atoms with Crippen LogP contribution >= 0.6 is 0 Å². The molecule has 0 aliphatic carbocycles. The minimum absolute atomic E-state index is 0. The van der Waals surface area contributed by atoms with Crippen LogP contribution < -0.4 is 0 Å². The molecule has 0 aliphatic heterocycles. The van der Waals surface area contributed by atoms with Crippen molar-refractivity contribution in [3.05, 3.63) is 0 Å². The molecule has 154 valence electrons. The van der Waals surface area contributed by atoms with Gasteiger partial charge in [-0.05, 0) is 25.7 Å². The van der Waals surface area contributed by atoms with Crippen molar-refractivity contribution < 1.29 is 36.3 Å². The average Bonchev–Trinajstić information content (AvgIpc) is 2.55. The normalized spacial score (nSPS) is 12.3. The third-order valence-corrected chi connectivity index (χ3v) is 4.50. The second kappa shape index (κ2) is 21.5. The van der Waals surface area contributed by atoms with E-state index in [2.05, 4.69) is 13.8 Å². The van der Waals surface area contributed by atoms with E-state index in [-0.39, 0.29) is 28.3 Å². The predicted octanol–water partition coefficient (Wildman–Crippen LogP) is 6.13. The number of rotatable bonds is 14. The van der Waals surface area contributed by atoms with E-state index in [4.69, 9.17) is 10.2 Å². The van der Waals surface area contributed by atoms with Gasteiger partial charge in [0.25, 0.3) is 0 Å². The molecule has 0 heterocycles. The summed E-state index contributed by atoms with van der Waals surface area (Å²) in [6.45, 7) is 8.21. The van der Waals surface area contributed by atoms with Gasteiger partial charge in [0.1, 0.15) is 0 Å². The van der Waals surface area contributed by atoms with Crippen LogP contribution in [0.1, 0.15) is 105 Å². The van der Waals surface area contributed by atoms with E-state index in [0.717, 1.165) is 38.5 Å². The van der Waals surface area contributed by atoms with Gasteiger partial charge < -0.3 is 10.2 Å². The van der Waals surface area contributed by atoms with Crippen molar-refractivity contribution >= 4 is 11.9 Å². The number of hydrogen-bond donors (Lipinski definition) is 2. The molecule has 2 unspecified atom stereocenters. The first-order valence-electron chi connectivity index (χ1n) is 9.89. The van der Waals surface area contributed by atoms with Gasteiger partial charge in [-0.15, -0.1) is 0 Å². The molecule has 0 fully saturated rings. The summed E-state index contributed by atoms with van der Waals surface area (Å²) in [5.74, 6) is -1.48. The quantitative estimate of drug-likeness (QED) is 0.270. The van der Waals surface area contributed by atoms with Crippen molar-refractivity contribution in [1.82, 2.24) is 0 Å². The van der Waals surface area contributed by atoms with Crippen LogP contribution in [-0.2, 0) is 26.1 Å². The molecule has 5 heteroatoms. The standard InChI is InChI=1S/2C10H20O2.Ni/c2*1-3-5-6-7-8-9(4-2)10(11)12;/h2*9H,3-8H2,1-2H3,(H,11,12);. The van der Waals surface area contributed by atoms with Gasteiger partial charge in [0, 0.05) is 16.5 Å². The maximum Gasteiger partial charge on any atom is 0.306 e. The second-order valence-electron chi connectivity index (χ2n) is 6.59. The van der Waals surface area contributed by atoms with E-state index in [9.17, 15) is 9.59 Å². The number of carbonyl (C=O) groups is 2. The van der Waals surface area contributed by atoms with Crippen LogP contribution in [0.3, 0.4) is 0 Å². The summed E-state index contributed by atoms with van der Waals surface area (Å²) in [5, 5.41) is 17.5. The van der Waals surface area contributed by atoms with Crippen LogP contribution in [0.15, 0.2) is 0 Å². The van der Waals surface area contributed by atoms with Crippen LogP contribution in [0.5, 0.6) is 0 Å². The van der Waals surface area contributed by atoms with E-state index in [1.165, 1.54) is 38.5 Å². The minimum atomic E-state index is -0.631. The van der Waals surface area contributed by atoms with Gasteiger partial charge in [-0.3, -0.25) is 9.59 Å². The second-order valence-corrected chi connectivity index (χ2v) is 6.59. The third kappa shape index (κ3) is 19.6. The summed E-state index contributed by atoms with van der Waals surface area (Å²) >= 11 is 0. The Morgan fingerprint density at radius 2 is 0.960 bits per heavy atom. The van der Waals surface area contributed by atoms with E-state index >= 15 is 0 Å². The Labute approximate surface area is 165 Å². The Bertz CT molecular complexity index is 278. The van der Waals surface area contributed by atoms with E-state index < -0.39 is 11.9 Å². The zero-order valence-electron chi connectivity index (χ0n) is 16.7. The van der Waals surface area contributed by atoms with Gasteiger partial charge in [-0.25, -0.2) is 0 Å². The number of aliphatic carboxylic acids is 2. The van der Waals surface area contributed by atoms with Crippen molar-refractivity contribution in [2.75, 3.05) is 0 Å². The van der Waals surface area contributed by atoms with E-state index in [0.29, 0.717) is 0 Å². The van der Waals surface area contributed by atoms with Gasteiger partial charge in [0.15, 0.2) is 0 Å². The monoisotopic (exact) mass is 402 g/mol. The molecule has 0 radical (unpaired) electrons. The zero-order valence-corrected chi connectivity index (χ0v) is 17.7. The van der Waals surface area contributed by atoms with Gasteiger partial charge in [0.05, 0.1) is 11.8 Å². The molecule has 0 aromatic carbocycles. The first-order valence-corrected chi connectivity index (χ1v) is 9.89. The van der Waals surface area contributed by atoms with Crippen molar-refractivity contribution in [3.8, 4) is 0 Å². The fourth-order valence-electron chi connectivity index (χ4n) is 2.64. The van der Waals surface area contributed by atoms with Crippen LogP contribution in [0, 0.1) is 11.8 Å². The van der Waals surface area contributed by atoms with Crippen LogP contribution in [0.2, 0.25) is 0 Å².